The fourth-order valence-corrected chi connectivity index (χ4v) is 1.99. The smallest absolute Gasteiger partial charge is 0.548 e. The second kappa shape index (κ2) is 13.9. The van der Waals surface area contributed by atoms with Gasteiger partial charge in [-0.3, -0.25) is 4.79 Å². The first-order valence-electron chi connectivity index (χ1n) is 7.49. The van der Waals surface area contributed by atoms with Gasteiger partial charge in [0.05, 0.1) is 12.0 Å². The van der Waals surface area contributed by atoms with Gasteiger partial charge < -0.3 is 15.2 Å². The minimum Gasteiger partial charge on any atom is -0.548 e. The Hall–Kier alpha value is -0.0600. The predicted octanol–water partition coefficient (Wildman–Crippen LogP) is -0.978. The first-order valence-corrected chi connectivity index (χ1v) is 7.49. The summed E-state index contributed by atoms with van der Waals surface area (Å²) < 4.78 is 0. The van der Waals surface area contributed by atoms with Crippen LogP contribution in [0.2, 0.25) is 0 Å². The Kier molecular flexibility index (Phi) is 15.4. The van der Waals surface area contributed by atoms with Gasteiger partial charge in [0.1, 0.15) is 0 Å². The van der Waals surface area contributed by atoms with E-state index < -0.39 is 12.0 Å². The van der Waals surface area contributed by atoms with Crippen LogP contribution in [-0.2, 0) is 9.59 Å². The maximum atomic E-state index is 11.6. The van der Waals surface area contributed by atoms with Gasteiger partial charge in [0.25, 0.3) is 0 Å². The van der Waals surface area contributed by atoms with E-state index in [9.17, 15) is 14.7 Å². The number of hydrogen-bond donors (Lipinski definition) is 1. The molecular formula is C15H28NNaO3. The SMILES string of the molecule is CCCCCCCCCC(=O)NC(C(=O)[O-])C(C)C.[Na+]. The summed E-state index contributed by atoms with van der Waals surface area (Å²) in [7, 11) is 0. The number of carbonyl (C=O) groups excluding carboxylic acids is 2. The molecule has 0 heterocycles. The van der Waals surface area contributed by atoms with Crippen LogP contribution >= 0.6 is 0 Å². The summed E-state index contributed by atoms with van der Waals surface area (Å²) in [6.45, 7) is 5.70. The van der Waals surface area contributed by atoms with E-state index in [0.29, 0.717) is 6.42 Å². The summed E-state index contributed by atoms with van der Waals surface area (Å²) in [5.41, 5.74) is 0. The van der Waals surface area contributed by atoms with E-state index in [-0.39, 0.29) is 41.4 Å². The van der Waals surface area contributed by atoms with E-state index in [4.69, 9.17) is 0 Å². The van der Waals surface area contributed by atoms with Gasteiger partial charge in [-0.2, -0.15) is 0 Å². The van der Waals surface area contributed by atoms with Crippen LogP contribution in [0.1, 0.15) is 72.1 Å². The Balaban J connectivity index is 0. The molecule has 0 spiro atoms. The quantitative estimate of drug-likeness (QED) is 0.393. The number of hydrogen-bond acceptors (Lipinski definition) is 3. The Morgan fingerprint density at radius 1 is 1.00 bits per heavy atom. The summed E-state index contributed by atoms with van der Waals surface area (Å²) in [5.74, 6) is -1.54. The third kappa shape index (κ3) is 11.7. The van der Waals surface area contributed by atoms with Crippen LogP contribution in [0.25, 0.3) is 0 Å². The van der Waals surface area contributed by atoms with Gasteiger partial charge in [-0.05, 0) is 12.3 Å². The minimum atomic E-state index is -1.21. The molecule has 0 aliphatic carbocycles. The molecule has 0 fully saturated rings. The molecule has 0 saturated heterocycles. The molecule has 4 nitrogen and oxygen atoms in total. The maximum absolute atomic E-state index is 11.6. The van der Waals surface area contributed by atoms with Crippen LogP contribution in [0.3, 0.4) is 0 Å². The largest absolute Gasteiger partial charge is 1.00 e. The standard InChI is InChI=1S/C15H29NO3.Na/c1-4-5-6-7-8-9-10-11-13(17)16-14(12(2)3)15(18)19;/h12,14H,4-11H2,1-3H3,(H,16,17)(H,18,19);/q;+1/p-1. The molecule has 1 N–H and O–H groups in total. The Labute approximate surface area is 145 Å². The minimum absolute atomic E-state index is 0. The molecule has 0 aromatic carbocycles. The van der Waals surface area contributed by atoms with Gasteiger partial charge in [0.2, 0.25) is 5.91 Å². The fraction of sp³-hybridized carbons (Fsp3) is 0.867. The zero-order valence-electron chi connectivity index (χ0n) is 13.5. The van der Waals surface area contributed by atoms with Crippen molar-refractivity contribution in [1.29, 1.82) is 0 Å². The molecule has 112 valence electrons. The predicted molar refractivity (Wildman–Crippen MR) is 74.4 cm³/mol. The second-order valence-corrected chi connectivity index (χ2v) is 5.48. The molecule has 1 atom stereocenters. The maximum Gasteiger partial charge on any atom is 1.00 e. The van der Waals surface area contributed by atoms with Crippen LogP contribution in [0.5, 0.6) is 0 Å². The molecule has 0 aliphatic heterocycles. The first kappa shape index (κ1) is 22.2. The fourth-order valence-electron chi connectivity index (χ4n) is 1.99. The second-order valence-electron chi connectivity index (χ2n) is 5.48. The average Bonchev–Trinajstić information content (AvgIpc) is 2.34. The zero-order valence-corrected chi connectivity index (χ0v) is 15.5. The number of carboxylic acids is 1. The molecule has 0 aromatic heterocycles. The number of aliphatic carboxylic acids is 1. The summed E-state index contributed by atoms with van der Waals surface area (Å²) in [6, 6.07) is -0.878. The number of amides is 1. The third-order valence-electron chi connectivity index (χ3n) is 3.24. The van der Waals surface area contributed by atoms with Crippen molar-refractivity contribution in [2.45, 2.75) is 78.2 Å². The van der Waals surface area contributed by atoms with Crippen molar-refractivity contribution in [3.8, 4) is 0 Å². The topological polar surface area (TPSA) is 69.2 Å². The molecule has 0 radical (unpaired) electrons. The number of carboxylic acid groups (broad SMARTS) is 1. The van der Waals surface area contributed by atoms with Crippen LogP contribution in [0.4, 0.5) is 0 Å². The number of carbonyl (C=O) groups is 2. The van der Waals surface area contributed by atoms with Crippen LogP contribution in [0, 0.1) is 5.92 Å². The van der Waals surface area contributed by atoms with Crippen molar-refractivity contribution >= 4 is 11.9 Å². The number of unbranched alkanes of at least 4 members (excludes halogenated alkanes) is 6. The van der Waals surface area contributed by atoms with Gasteiger partial charge >= 0.3 is 29.6 Å². The summed E-state index contributed by atoms with van der Waals surface area (Å²) in [5, 5.41) is 13.4. The zero-order chi connectivity index (χ0) is 14.7. The van der Waals surface area contributed by atoms with Crippen molar-refractivity contribution in [3.05, 3.63) is 0 Å². The average molecular weight is 293 g/mol. The molecule has 0 aromatic rings. The normalized spacial score (nSPS) is 11.8. The summed E-state index contributed by atoms with van der Waals surface area (Å²) in [4.78, 5) is 22.4. The van der Waals surface area contributed by atoms with Crippen LogP contribution < -0.4 is 40.0 Å². The molecule has 0 saturated carbocycles. The van der Waals surface area contributed by atoms with Crippen molar-refractivity contribution in [1.82, 2.24) is 5.32 Å². The van der Waals surface area contributed by atoms with Crippen molar-refractivity contribution < 1.29 is 44.3 Å². The van der Waals surface area contributed by atoms with Crippen molar-refractivity contribution in [2.75, 3.05) is 0 Å². The van der Waals surface area contributed by atoms with Gasteiger partial charge in [-0.15, -0.1) is 0 Å². The molecule has 0 bridgehead atoms. The van der Waals surface area contributed by atoms with E-state index in [1.54, 1.807) is 13.8 Å². The van der Waals surface area contributed by atoms with E-state index in [1.807, 2.05) is 0 Å². The summed E-state index contributed by atoms with van der Waals surface area (Å²) in [6.07, 6.45) is 8.44. The van der Waals surface area contributed by atoms with E-state index in [0.717, 1.165) is 19.3 Å². The first-order chi connectivity index (χ1) is 8.99. The Morgan fingerprint density at radius 2 is 1.50 bits per heavy atom. The molecule has 5 heteroatoms. The van der Waals surface area contributed by atoms with Gasteiger partial charge in [0.15, 0.2) is 0 Å². The third-order valence-corrected chi connectivity index (χ3v) is 3.24. The molecule has 20 heavy (non-hydrogen) atoms. The summed E-state index contributed by atoms with van der Waals surface area (Å²) >= 11 is 0. The van der Waals surface area contributed by atoms with Crippen LogP contribution in [0.15, 0.2) is 0 Å². The molecule has 1 amide bonds. The molecular weight excluding hydrogens is 265 g/mol. The monoisotopic (exact) mass is 293 g/mol. The van der Waals surface area contributed by atoms with Crippen molar-refractivity contribution in [3.63, 3.8) is 0 Å². The van der Waals surface area contributed by atoms with E-state index in [1.165, 1.54) is 25.7 Å². The van der Waals surface area contributed by atoms with Crippen LogP contribution in [-0.4, -0.2) is 17.9 Å². The van der Waals surface area contributed by atoms with Gasteiger partial charge in [-0.25, -0.2) is 0 Å². The Bertz CT molecular complexity index is 270. The molecule has 1 unspecified atom stereocenters. The molecule has 0 rings (SSSR count). The van der Waals surface area contributed by atoms with Crippen molar-refractivity contribution in [2.24, 2.45) is 5.92 Å². The van der Waals surface area contributed by atoms with E-state index >= 15 is 0 Å². The van der Waals surface area contributed by atoms with Gasteiger partial charge in [-0.1, -0.05) is 59.3 Å². The Morgan fingerprint density at radius 3 is 1.95 bits per heavy atom. The van der Waals surface area contributed by atoms with Gasteiger partial charge in [0, 0.05) is 6.42 Å². The molecule has 0 aliphatic rings. The number of nitrogens with one attached hydrogen (secondary N) is 1. The van der Waals surface area contributed by atoms with E-state index in [2.05, 4.69) is 12.2 Å². The number of rotatable bonds is 11.